The SMILES string of the molecule is COc1ccccc1-c1cn([C@@H]2C[C@H](CO)C[C@H]2I)nn1. The molecule has 2 aromatic rings. The lowest BCUT2D eigenvalue weighted by atomic mass is 10.1. The highest BCUT2D eigenvalue weighted by molar-refractivity contribution is 14.1. The first-order valence-corrected chi connectivity index (χ1v) is 8.27. The molecule has 1 aliphatic rings. The van der Waals surface area contributed by atoms with Crippen LogP contribution in [0.3, 0.4) is 0 Å². The second kappa shape index (κ2) is 6.31. The third kappa shape index (κ3) is 2.91. The van der Waals surface area contributed by atoms with Gasteiger partial charge < -0.3 is 9.84 Å². The van der Waals surface area contributed by atoms with Crippen molar-refractivity contribution in [2.75, 3.05) is 13.7 Å². The van der Waals surface area contributed by atoms with Crippen LogP contribution in [-0.2, 0) is 0 Å². The first-order chi connectivity index (χ1) is 10.2. The summed E-state index contributed by atoms with van der Waals surface area (Å²) in [5.74, 6) is 1.17. The van der Waals surface area contributed by atoms with Crippen molar-refractivity contribution in [2.24, 2.45) is 5.92 Å². The molecular formula is C15H18IN3O2. The maximum absolute atomic E-state index is 9.33. The van der Waals surface area contributed by atoms with Crippen molar-refractivity contribution in [1.82, 2.24) is 15.0 Å². The van der Waals surface area contributed by atoms with E-state index in [4.69, 9.17) is 4.74 Å². The van der Waals surface area contributed by atoms with Crippen molar-refractivity contribution in [3.05, 3.63) is 30.5 Å². The highest BCUT2D eigenvalue weighted by atomic mass is 127. The molecule has 112 valence electrons. The summed E-state index contributed by atoms with van der Waals surface area (Å²) in [6.45, 7) is 0.254. The topological polar surface area (TPSA) is 60.2 Å². The maximum atomic E-state index is 9.33. The van der Waals surface area contributed by atoms with Gasteiger partial charge in [-0.05, 0) is 30.9 Å². The molecule has 0 amide bonds. The molecule has 0 unspecified atom stereocenters. The Morgan fingerprint density at radius 2 is 2.19 bits per heavy atom. The molecule has 0 saturated heterocycles. The van der Waals surface area contributed by atoms with Crippen LogP contribution in [0.2, 0.25) is 0 Å². The van der Waals surface area contributed by atoms with Gasteiger partial charge in [0.25, 0.3) is 0 Å². The van der Waals surface area contributed by atoms with Crippen LogP contribution in [0.1, 0.15) is 18.9 Å². The molecule has 1 aliphatic carbocycles. The summed E-state index contributed by atoms with van der Waals surface area (Å²) in [4.78, 5) is 0. The minimum Gasteiger partial charge on any atom is -0.496 e. The summed E-state index contributed by atoms with van der Waals surface area (Å²) in [5, 5.41) is 17.9. The van der Waals surface area contributed by atoms with Gasteiger partial charge in [0.1, 0.15) is 11.4 Å². The standard InChI is InChI=1S/C15H18IN3O2/c1-21-15-5-3-2-4-11(15)13-8-19(18-17-13)14-7-10(9-20)6-12(14)16/h2-5,8,10,12,14,20H,6-7,9H2,1H3/t10-,12-,14-/m1/s1. The Morgan fingerprint density at radius 3 is 2.90 bits per heavy atom. The molecule has 0 bridgehead atoms. The fraction of sp³-hybridized carbons (Fsp3) is 0.467. The van der Waals surface area contributed by atoms with Crippen molar-refractivity contribution in [2.45, 2.75) is 22.8 Å². The molecule has 0 radical (unpaired) electrons. The van der Waals surface area contributed by atoms with Crippen LogP contribution >= 0.6 is 22.6 Å². The first kappa shape index (κ1) is 14.8. The largest absolute Gasteiger partial charge is 0.496 e. The van der Waals surface area contributed by atoms with E-state index in [1.54, 1.807) is 7.11 Å². The van der Waals surface area contributed by atoms with Gasteiger partial charge in [-0.15, -0.1) is 5.10 Å². The molecule has 1 saturated carbocycles. The van der Waals surface area contributed by atoms with Gasteiger partial charge in [-0.2, -0.15) is 0 Å². The van der Waals surface area contributed by atoms with E-state index < -0.39 is 0 Å². The van der Waals surface area contributed by atoms with Crippen LogP contribution in [0.15, 0.2) is 30.5 Å². The van der Waals surface area contributed by atoms with Crippen molar-refractivity contribution in [3.8, 4) is 17.0 Å². The molecule has 6 heteroatoms. The minimum atomic E-state index is 0.254. The number of aromatic nitrogens is 3. The van der Waals surface area contributed by atoms with Gasteiger partial charge in [0.2, 0.25) is 0 Å². The molecule has 21 heavy (non-hydrogen) atoms. The van der Waals surface area contributed by atoms with E-state index >= 15 is 0 Å². The quantitative estimate of drug-likeness (QED) is 0.635. The van der Waals surface area contributed by atoms with Crippen molar-refractivity contribution < 1.29 is 9.84 Å². The normalized spacial score (nSPS) is 25.2. The van der Waals surface area contributed by atoms with E-state index in [0.29, 0.717) is 15.9 Å². The summed E-state index contributed by atoms with van der Waals surface area (Å²) < 4.78 is 7.80. The molecule has 5 nitrogen and oxygen atoms in total. The van der Waals surface area contributed by atoms with E-state index in [1.807, 2.05) is 35.1 Å². The van der Waals surface area contributed by atoms with Gasteiger partial charge in [-0.1, -0.05) is 39.9 Å². The Labute approximate surface area is 137 Å². The molecule has 1 N–H and O–H groups in total. The number of aliphatic hydroxyl groups is 1. The van der Waals surface area contributed by atoms with Crippen LogP contribution in [0.4, 0.5) is 0 Å². The molecule has 3 atom stereocenters. The second-order valence-electron chi connectivity index (χ2n) is 5.39. The zero-order valence-electron chi connectivity index (χ0n) is 11.8. The van der Waals surface area contributed by atoms with Crippen LogP contribution < -0.4 is 4.74 Å². The number of alkyl halides is 1. The molecule has 1 aromatic carbocycles. The number of rotatable bonds is 4. The Morgan fingerprint density at radius 1 is 1.38 bits per heavy atom. The smallest absolute Gasteiger partial charge is 0.128 e. The van der Waals surface area contributed by atoms with Gasteiger partial charge in [-0.3, -0.25) is 0 Å². The molecule has 0 aliphatic heterocycles. The Kier molecular flexibility index (Phi) is 4.44. The number of hydrogen-bond acceptors (Lipinski definition) is 4. The van der Waals surface area contributed by atoms with E-state index in [1.165, 1.54) is 0 Å². The number of para-hydroxylation sites is 1. The van der Waals surface area contributed by atoms with Gasteiger partial charge in [-0.25, -0.2) is 4.68 Å². The molecule has 3 rings (SSSR count). The summed E-state index contributed by atoms with van der Waals surface area (Å²) in [7, 11) is 1.66. The summed E-state index contributed by atoms with van der Waals surface area (Å²) in [5.41, 5.74) is 1.77. The number of benzene rings is 1. The third-order valence-corrected chi connectivity index (χ3v) is 5.38. The van der Waals surface area contributed by atoms with Crippen molar-refractivity contribution in [3.63, 3.8) is 0 Å². The number of hydrogen-bond donors (Lipinski definition) is 1. The number of halogens is 1. The highest BCUT2D eigenvalue weighted by Gasteiger charge is 2.34. The van der Waals surface area contributed by atoms with Crippen LogP contribution in [0.5, 0.6) is 5.75 Å². The Balaban J connectivity index is 1.87. The fourth-order valence-electron chi connectivity index (χ4n) is 2.90. The number of methoxy groups -OCH3 is 1. The van der Waals surface area contributed by atoms with E-state index in [2.05, 4.69) is 32.9 Å². The lowest BCUT2D eigenvalue weighted by Gasteiger charge is -2.13. The van der Waals surface area contributed by atoms with Crippen molar-refractivity contribution >= 4 is 22.6 Å². The van der Waals surface area contributed by atoms with Gasteiger partial charge in [0.15, 0.2) is 0 Å². The fourth-order valence-corrected chi connectivity index (χ4v) is 4.24. The van der Waals surface area contributed by atoms with Gasteiger partial charge in [0, 0.05) is 16.1 Å². The molecule has 1 aromatic heterocycles. The lowest BCUT2D eigenvalue weighted by molar-refractivity contribution is 0.225. The van der Waals surface area contributed by atoms with Crippen LogP contribution in [-0.4, -0.2) is 37.7 Å². The monoisotopic (exact) mass is 399 g/mol. The molecule has 1 fully saturated rings. The minimum absolute atomic E-state index is 0.254. The molecule has 0 spiro atoms. The van der Waals surface area contributed by atoms with Crippen LogP contribution in [0.25, 0.3) is 11.3 Å². The first-order valence-electron chi connectivity index (χ1n) is 7.03. The number of ether oxygens (including phenoxy) is 1. The Bertz CT molecular complexity index is 616. The van der Waals surface area contributed by atoms with E-state index in [-0.39, 0.29) is 6.61 Å². The summed E-state index contributed by atoms with van der Waals surface area (Å²) >= 11 is 2.45. The van der Waals surface area contributed by atoms with Crippen molar-refractivity contribution in [1.29, 1.82) is 0 Å². The van der Waals surface area contributed by atoms with Crippen LogP contribution in [0, 0.1) is 5.92 Å². The third-order valence-electron chi connectivity index (χ3n) is 4.04. The lowest BCUT2D eigenvalue weighted by Crippen LogP contribution is -2.14. The van der Waals surface area contributed by atoms with E-state index in [9.17, 15) is 5.11 Å². The number of aliphatic hydroxyl groups excluding tert-OH is 1. The van der Waals surface area contributed by atoms with Gasteiger partial charge >= 0.3 is 0 Å². The molecule has 1 heterocycles. The maximum Gasteiger partial charge on any atom is 0.128 e. The predicted molar refractivity (Wildman–Crippen MR) is 88.7 cm³/mol. The summed E-state index contributed by atoms with van der Waals surface area (Å²) in [6.07, 6.45) is 3.97. The van der Waals surface area contributed by atoms with E-state index in [0.717, 1.165) is 29.8 Å². The van der Waals surface area contributed by atoms with Gasteiger partial charge in [0.05, 0.1) is 19.3 Å². The zero-order valence-corrected chi connectivity index (χ0v) is 14.0. The predicted octanol–water partition coefficient (Wildman–Crippen LogP) is 2.70. The Hall–Kier alpha value is -1.15. The average Bonchev–Trinajstić information content (AvgIpc) is 3.13. The zero-order chi connectivity index (χ0) is 14.8. The second-order valence-corrected chi connectivity index (χ2v) is 6.99. The molecular weight excluding hydrogens is 381 g/mol. The average molecular weight is 399 g/mol. The number of nitrogens with zero attached hydrogens (tertiary/aromatic N) is 3. The summed E-state index contributed by atoms with van der Waals surface area (Å²) in [6, 6.07) is 8.12. The highest BCUT2D eigenvalue weighted by Crippen LogP contribution is 2.39.